The van der Waals surface area contributed by atoms with Crippen LogP contribution in [0.15, 0.2) is 84.0 Å². The van der Waals surface area contributed by atoms with E-state index in [-0.39, 0.29) is 5.91 Å². The molecule has 27 heavy (non-hydrogen) atoms. The zero-order chi connectivity index (χ0) is 18.9. The van der Waals surface area contributed by atoms with Gasteiger partial charge in [-0.2, -0.15) is 5.10 Å². The first-order valence-corrected chi connectivity index (χ1v) is 8.49. The molecule has 0 aliphatic carbocycles. The Hall–Kier alpha value is -3.60. The predicted molar refractivity (Wildman–Crippen MR) is 105 cm³/mol. The predicted octanol–water partition coefficient (Wildman–Crippen LogP) is 4.04. The Bertz CT molecular complexity index is 909. The largest absolute Gasteiger partial charge is 0.496 e. The Labute approximate surface area is 158 Å². The minimum absolute atomic E-state index is 0.256. The minimum Gasteiger partial charge on any atom is -0.496 e. The highest BCUT2D eigenvalue weighted by atomic mass is 16.5. The van der Waals surface area contributed by atoms with Crippen molar-refractivity contribution in [2.45, 2.75) is 6.61 Å². The molecule has 3 aromatic carbocycles. The second-order valence-corrected chi connectivity index (χ2v) is 5.74. The third-order valence-electron chi connectivity index (χ3n) is 3.86. The molecule has 0 fully saturated rings. The number of rotatable bonds is 7. The van der Waals surface area contributed by atoms with E-state index >= 15 is 0 Å². The molecule has 136 valence electrons. The van der Waals surface area contributed by atoms with Crippen molar-refractivity contribution >= 4 is 12.1 Å². The van der Waals surface area contributed by atoms with Crippen LogP contribution in [0.1, 0.15) is 21.5 Å². The average molecular weight is 360 g/mol. The van der Waals surface area contributed by atoms with Crippen LogP contribution in [0, 0.1) is 0 Å². The molecule has 0 radical (unpaired) electrons. The molecule has 1 N–H and O–H groups in total. The van der Waals surface area contributed by atoms with Crippen LogP contribution in [0.3, 0.4) is 0 Å². The van der Waals surface area contributed by atoms with Crippen LogP contribution in [0.2, 0.25) is 0 Å². The first-order chi connectivity index (χ1) is 13.3. The van der Waals surface area contributed by atoms with Gasteiger partial charge in [0.15, 0.2) is 0 Å². The summed E-state index contributed by atoms with van der Waals surface area (Å²) in [5.74, 6) is 1.26. The van der Waals surface area contributed by atoms with Crippen LogP contribution in [-0.2, 0) is 6.61 Å². The number of carbonyl (C=O) groups excluding carboxylic acids is 1. The molecule has 0 unspecified atom stereocenters. The van der Waals surface area contributed by atoms with Gasteiger partial charge in [-0.3, -0.25) is 4.79 Å². The van der Waals surface area contributed by atoms with Gasteiger partial charge in [-0.15, -0.1) is 0 Å². The molecular formula is C22H20N2O3. The second kappa shape index (κ2) is 9.20. The standard InChI is InChI=1S/C22H20N2O3/c1-26-21-13-12-17(14-19(21)16-27-20-10-6-3-7-11-20)15-23-24-22(25)18-8-4-2-5-9-18/h2-15H,16H2,1H3,(H,24,25)/b23-15+. The summed E-state index contributed by atoms with van der Waals surface area (Å²) in [7, 11) is 1.62. The molecule has 0 heterocycles. The van der Waals surface area contributed by atoms with E-state index in [4.69, 9.17) is 9.47 Å². The number of hydrogen-bond acceptors (Lipinski definition) is 4. The topological polar surface area (TPSA) is 59.9 Å². The molecular weight excluding hydrogens is 340 g/mol. The van der Waals surface area contributed by atoms with E-state index in [0.29, 0.717) is 12.2 Å². The Morgan fingerprint density at radius 1 is 1.00 bits per heavy atom. The summed E-state index contributed by atoms with van der Waals surface area (Å²) < 4.78 is 11.2. The molecule has 0 saturated carbocycles. The van der Waals surface area contributed by atoms with E-state index in [1.54, 1.807) is 37.6 Å². The van der Waals surface area contributed by atoms with Gasteiger partial charge in [-0.25, -0.2) is 5.43 Å². The lowest BCUT2D eigenvalue weighted by Gasteiger charge is -2.11. The fourth-order valence-corrected chi connectivity index (χ4v) is 2.49. The van der Waals surface area contributed by atoms with Crippen molar-refractivity contribution in [1.29, 1.82) is 0 Å². The molecule has 5 heteroatoms. The highest BCUT2D eigenvalue weighted by Crippen LogP contribution is 2.21. The van der Waals surface area contributed by atoms with E-state index in [9.17, 15) is 4.79 Å². The molecule has 0 aromatic heterocycles. The monoisotopic (exact) mass is 360 g/mol. The summed E-state index contributed by atoms with van der Waals surface area (Å²) in [6, 6.07) is 24.2. The number of hydrazone groups is 1. The van der Waals surface area contributed by atoms with Crippen molar-refractivity contribution in [3.05, 3.63) is 95.6 Å². The molecule has 0 atom stereocenters. The first kappa shape index (κ1) is 18.2. The smallest absolute Gasteiger partial charge is 0.271 e. The van der Waals surface area contributed by atoms with Crippen molar-refractivity contribution in [2.24, 2.45) is 5.10 Å². The maximum absolute atomic E-state index is 12.0. The van der Waals surface area contributed by atoms with E-state index in [0.717, 1.165) is 22.6 Å². The van der Waals surface area contributed by atoms with Gasteiger partial charge in [0.05, 0.1) is 13.3 Å². The van der Waals surface area contributed by atoms with Crippen LogP contribution >= 0.6 is 0 Å². The summed E-state index contributed by atoms with van der Waals surface area (Å²) in [5, 5.41) is 4.03. The normalized spacial score (nSPS) is 10.6. The van der Waals surface area contributed by atoms with Gasteiger partial charge in [0.1, 0.15) is 18.1 Å². The van der Waals surface area contributed by atoms with E-state index in [1.165, 1.54) is 0 Å². The summed E-state index contributed by atoms with van der Waals surface area (Å²) >= 11 is 0. The van der Waals surface area contributed by atoms with E-state index in [2.05, 4.69) is 10.5 Å². The Morgan fingerprint density at radius 3 is 2.41 bits per heavy atom. The molecule has 3 rings (SSSR count). The van der Waals surface area contributed by atoms with Crippen LogP contribution in [0.25, 0.3) is 0 Å². The zero-order valence-corrected chi connectivity index (χ0v) is 15.0. The third kappa shape index (κ3) is 5.19. The molecule has 0 aliphatic rings. The van der Waals surface area contributed by atoms with Gasteiger partial charge >= 0.3 is 0 Å². The van der Waals surface area contributed by atoms with Crippen LogP contribution in [-0.4, -0.2) is 19.2 Å². The number of para-hydroxylation sites is 1. The van der Waals surface area contributed by atoms with E-state index < -0.39 is 0 Å². The van der Waals surface area contributed by atoms with Crippen LogP contribution < -0.4 is 14.9 Å². The lowest BCUT2D eigenvalue weighted by Crippen LogP contribution is -2.17. The highest BCUT2D eigenvalue weighted by molar-refractivity contribution is 5.94. The summed E-state index contributed by atoms with van der Waals surface area (Å²) in [6.07, 6.45) is 1.59. The number of benzene rings is 3. The maximum Gasteiger partial charge on any atom is 0.271 e. The van der Waals surface area contributed by atoms with Crippen LogP contribution in [0.5, 0.6) is 11.5 Å². The Morgan fingerprint density at radius 2 is 1.70 bits per heavy atom. The van der Waals surface area contributed by atoms with Crippen LogP contribution in [0.4, 0.5) is 0 Å². The lowest BCUT2D eigenvalue weighted by molar-refractivity contribution is 0.0955. The van der Waals surface area contributed by atoms with Gasteiger partial charge in [-0.1, -0.05) is 36.4 Å². The quantitative estimate of drug-likeness (QED) is 0.511. The van der Waals surface area contributed by atoms with Gasteiger partial charge in [0.25, 0.3) is 5.91 Å². The first-order valence-electron chi connectivity index (χ1n) is 8.49. The summed E-state index contributed by atoms with van der Waals surface area (Å²) in [4.78, 5) is 12.0. The molecule has 0 saturated heterocycles. The highest BCUT2D eigenvalue weighted by Gasteiger charge is 2.06. The summed E-state index contributed by atoms with van der Waals surface area (Å²) in [5.41, 5.74) is 4.80. The van der Waals surface area contributed by atoms with Crippen molar-refractivity contribution in [2.75, 3.05) is 7.11 Å². The lowest BCUT2D eigenvalue weighted by atomic mass is 10.1. The van der Waals surface area contributed by atoms with Crippen molar-refractivity contribution in [3.63, 3.8) is 0 Å². The molecule has 0 spiro atoms. The zero-order valence-electron chi connectivity index (χ0n) is 15.0. The molecule has 0 aliphatic heterocycles. The van der Waals surface area contributed by atoms with E-state index in [1.807, 2.05) is 54.6 Å². The molecule has 1 amide bonds. The number of methoxy groups -OCH3 is 1. The van der Waals surface area contributed by atoms with Crippen molar-refractivity contribution in [1.82, 2.24) is 5.43 Å². The third-order valence-corrected chi connectivity index (χ3v) is 3.86. The number of amides is 1. The fourth-order valence-electron chi connectivity index (χ4n) is 2.49. The van der Waals surface area contributed by atoms with Crippen molar-refractivity contribution in [3.8, 4) is 11.5 Å². The average Bonchev–Trinajstić information content (AvgIpc) is 2.73. The number of carbonyl (C=O) groups is 1. The number of nitrogens with zero attached hydrogens (tertiary/aromatic N) is 1. The molecule has 0 bridgehead atoms. The second-order valence-electron chi connectivity index (χ2n) is 5.74. The fraction of sp³-hybridized carbons (Fsp3) is 0.0909. The number of nitrogens with one attached hydrogen (secondary N) is 1. The Balaban J connectivity index is 1.66. The number of hydrogen-bond donors (Lipinski definition) is 1. The maximum atomic E-state index is 12.0. The SMILES string of the molecule is COc1ccc(/C=N/NC(=O)c2ccccc2)cc1COc1ccccc1. The van der Waals surface area contributed by atoms with Gasteiger partial charge < -0.3 is 9.47 Å². The van der Waals surface area contributed by atoms with Crippen molar-refractivity contribution < 1.29 is 14.3 Å². The molecule has 5 nitrogen and oxygen atoms in total. The van der Waals surface area contributed by atoms with Gasteiger partial charge in [-0.05, 0) is 48.0 Å². The molecule has 3 aromatic rings. The Kier molecular flexibility index (Phi) is 6.20. The number of ether oxygens (including phenoxy) is 2. The van der Waals surface area contributed by atoms with Gasteiger partial charge in [0, 0.05) is 11.1 Å². The van der Waals surface area contributed by atoms with Gasteiger partial charge in [0.2, 0.25) is 0 Å². The summed E-state index contributed by atoms with van der Waals surface area (Å²) in [6.45, 7) is 0.366. The minimum atomic E-state index is -0.256.